The maximum atomic E-state index is 10.3. The van der Waals surface area contributed by atoms with Crippen molar-refractivity contribution in [1.29, 1.82) is 0 Å². The molecule has 1 atom stereocenters. The molecular weight excluding hydrogens is 214 g/mol. The molecule has 15 heavy (non-hydrogen) atoms. The summed E-state index contributed by atoms with van der Waals surface area (Å²) in [4.78, 5) is 10.3. The SMILES string of the molecule is Cc1nnc(NCC(C)CCC(=O)O)s1. The molecule has 0 bridgehead atoms. The Bertz CT molecular complexity index is 327. The third-order valence-corrected chi connectivity index (χ3v) is 2.78. The van der Waals surface area contributed by atoms with Crippen LogP contribution in [-0.4, -0.2) is 27.8 Å². The maximum Gasteiger partial charge on any atom is 0.303 e. The van der Waals surface area contributed by atoms with Gasteiger partial charge in [-0.15, -0.1) is 10.2 Å². The molecule has 1 aromatic heterocycles. The van der Waals surface area contributed by atoms with Crippen LogP contribution in [0.1, 0.15) is 24.8 Å². The maximum absolute atomic E-state index is 10.3. The molecule has 0 aliphatic heterocycles. The summed E-state index contributed by atoms with van der Waals surface area (Å²) in [5.74, 6) is -0.418. The van der Waals surface area contributed by atoms with Crippen molar-refractivity contribution < 1.29 is 9.90 Å². The minimum absolute atomic E-state index is 0.220. The van der Waals surface area contributed by atoms with E-state index in [1.807, 2.05) is 13.8 Å². The van der Waals surface area contributed by atoms with Crippen LogP contribution >= 0.6 is 11.3 Å². The van der Waals surface area contributed by atoms with E-state index in [1.54, 1.807) is 0 Å². The fourth-order valence-electron chi connectivity index (χ4n) is 1.10. The lowest BCUT2D eigenvalue weighted by Gasteiger charge is -2.09. The minimum Gasteiger partial charge on any atom is -0.481 e. The lowest BCUT2D eigenvalue weighted by atomic mass is 10.1. The molecule has 0 saturated carbocycles. The number of aryl methyl sites for hydroxylation is 1. The first-order chi connectivity index (χ1) is 7.08. The van der Waals surface area contributed by atoms with Crippen LogP contribution in [0.4, 0.5) is 5.13 Å². The summed E-state index contributed by atoms with van der Waals surface area (Å²) in [5.41, 5.74) is 0. The van der Waals surface area contributed by atoms with Gasteiger partial charge in [0, 0.05) is 13.0 Å². The fraction of sp³-hybridized carbons (Fsp3) is 0.667. The summed E-state index contributed by atoms with van der Waals surface area (Å²) in [6.07, 6.45) is 0.901. The lowest BCUT2D eigenvalue weighted by Crippen LogP contribution is -2.12. The van der Waals surface area contributed by atoms with Crippen LogP contribution in [0.25, 0.3) is 0 Å². The Labute approximate surface area is 92.5 Å². The van der Waals surface area contributed by atoms with Crippen LogP contribution in [0.5, 0.6) is 0 Å². The van der Waals surface area contributed by atoms with Gasteiger partial charge in [-0.05, 0) is 19.3 Å². The molecule has 0 aliphatic carbocycles. The Morgan fingerprint density at radius 2 is 2.33 bits per heavy atom. The zero-order chi connectivity index (χ0) is 11.3. The van der Waals surface area contributed by atoms with Gasteiger partial charge in [0.25, 0.3) is 0 Å². The van der Waals surface area contributed by atoms with E-state index in [4.69, 9.17) is 5.11 Å². The van der Waals surface area contributed by atoms with Gasteiger partial charge in [0.15, 0.2) is 0 Å². The van der Waals surface area contributed by atoms with Crippen LogP contribution in [0.2, 0.25) is 0 Å². The summed E-state index contributed by atoms with van der Waals surface area (Å²) in [7, 11) is 0. The quantitative estimate of drug-likeness (QED) is 0.777. The van der Waals surface area contributed by atoms with Gasteiger partial charge in [-0.1, -0.05) is 18.3 Å². The molecule has 0 amide bonds. The monoisotopic (exact) mass is 229 g/mol. The van der Waals surface area contributed by atoms with Crippen molar-refractivity contribution in [2.24, 2.45) is 5.92 Å². The molecule has 1 aromatic rings. The summed E-state index contributed by atoms with van der Waals surface area (Å²) < 4.78 is 0. The zero-order valence-electron chi connectivity index (χ0n) is 8.86. The van der Waals surface area contributed by atoms with Gasteiger partial charge in [0.2, 0.25) is 5.13 Å². The highest BCUT2D eigenvalue weighted by atomic mass is 32.1. The molecule has 0 fully saturated rings. The zero-order valence-corrected chi connectivity index (χ0v) is 9.67. The number of hydrogen-bond acceptors (Lipinski definition) is 5. The standard InChI is InChI=1S/C9H15N3O2S/c1-6(3-4-8(13)14)5-10-9-12-11-7(2)15-9/h6H,3-5H2,1-2H3,(H,10,12)(H,13,14). The molecule has 0 saturated heterocycles. The average molecular weight is 229 g/mol. The normalized spacial score (nSPS) is 12.4. The summed E-state index contributed by atoms with van der Waals surface area (Å²) in [6, 6.07) is 0. The van der Waals surface area contributed by atoms with Gasteiger partial charge in [0.1, 0.15) is 5.01 Å². The number of carboxylic acids is 1. The third kappa shape index (κ3) is 4.73. The van der Waals surface area contributed by atoms with Gasteiger partial charge in [-0.25, -0.2) is 0 Å². The highest BCUT2D eigenvalue weighted by molar-refractivity contribution is 7.15. The smallest absolute Gasteiger partial charge is 0.303 e. The molecule has 1 heterocycles. The Morgan fingerprint density at radius 1 is 1.60 bits per heavy atom. The predicted molar refractivity (Wildman–Crippen MR) is 59.2 cm³/mol. The third-order valence-electron chi connectivity index (χ3n) is 1.98. The topological polar surface area (TPSA) is 75.1 Å². The van der Waals surface area contributed by atoms with E-state index in [0.29, 0.717) is 12.3 Å². The molecule has 84 valence electrons. The number of nitrogens with one attached hydrogen (secondary N) is 1. The number of nitrogens with zero attached hydrogens (tertiary/aromatic N) is 2. The minimum atomic E-state index is -0.742. The number of hydrogen-bond donors (Lipinski definition) is 2. The molecule has 1 rings (SSSR count). The van der Waals surface area contributed by atoms with Gasteiger partial charge >= 0.3 is 5.97 Å². The van der Waals surface area contributed by atoms with E-state index in [2.05, 4.69) is 15.5 Å². The Morgan fingerprint density at radius 3 is 2.87 bits per heavy atom. The molecule has 0 aliphatic rings. The second-order valence-corrected chi connectivity index (χ2v) is 4.73. The van der Waals surface area contributed by atoms with E-state index < -0.39 is 5.97 Å². The van der Waals surface area contributed by atoms with Crippen LogP contribution in [0, 0.1) is 12.8 Å². The van der Waals surface area contributed by atoms with Gasteiger partial charge in [0.05, 0.1) is 0 Å². The first-order valence-corrected chi connectivity index (χ1v) is 5.65. The van der Waals surface area contributed by atoms with Crippen molar-refractivity contribution in [2.45, 2.75) is 26.7 Å². The summed E-state index contributed by atoms with van der Waals surface area (Å²) >= 11 is 1.50. The Hall–Kier alpha value is -1.17. The molecule has 5 nitrogen and oxygen atoms in total. The number of carbonyl (C=O) groups is 1. The number of anilines is 1. The summed E-state index contributed by atoms with van der Waals surface area (Å²) in [5, 5.41) is 21.2. The van der Waals surface area contributed by atoms with Crippen molar-refractivity contribution >= 4 is 22.4 Å². The van der Waals surface area contributed by atoms with Crippen LogP contribution in [0.3, 0.4) is 0 Å². The lowest BCUT2D eigenvalue weighted by molar-refractivity contribution is -0.137. The van der Waals surface area contributed by atoms with Crippen molar-refractivity contribution in [3.8, 4) is 0 Å². The Balaban J connectivity index is 2.22. The highest BCUT2D eigenvalue weighted by Crippen LogP contribution is 2.15. The molecule has 1 unspecified atom stereocenters. The molecule has 2 N–H and O–H groups in total. The largest absolute Gasteiger partial charge is 0.481 e. The van der Waals surface area contributed by atoms with Crippen molar-refractivity contribution in [3.05, 3.63) is 5.01 Å². The summed E-state index contributed by atoms with van der Waals surface area (Å²) in [6.45, 7) is 4.66. The van der Waals surface area contributed by atoms with Gasteiger partial charge in [-0.2, -0.15) is 0 Å². The Kier molecular flexibility index (Phi) is 4.48. The predicted octanol–water partition coefficient (Wildman–Crippen LogP) is 1.76. The van der Waals surface area contributed by atoms with E-state index >= 15 is 0 Å². The van der Waals surface area contributed by atoms with Gasteiger partial charge in [-0.3, -0.25) is 4.79 Å². The van der Waals surface area contributed by atoms with Crippen molar-refractivity contribution in [1.82, 2.24) is 10.2 Å². The first-order valence-electron chi connectivity index (χ1n) is 4.83. The van der Waals surface area contributed by atoms with Crippen LogP contribution in [-0.2, 0) is 4.79 Å². The van der Waals surface area contributed by atoms with E-state index in [0.717, 1.165) is 16.7 Å². The first kappa shape index (κ1) is 11.9. The number of carboxylic acid groups (broad SMARTS) is 1. The van der Waals surface area contributed by atoms with Crippen LogP contribution in [0.15, 0.2) is 0 Å². The number of aromatic nitrogens is 2. The van der Waals surface area contributed by atoms with Crippen molar-refractivity contribution in [3.63, 3.8) is 0 Å². The van der Waals surface area contributed by atoms with Crippen LogP contribution < -0.4 is 5.32 Å². The van der Waals surface area contributed by atoms with Crippen molar-refractivity contribution in [2.75, 3.05) is 11.9 Å². The highest BCUT2D eigenvalue weighted by Gasteiger charge is 2.06. The average Bonchev–Trinajstić information content (AvgIpc) is 2.58. The molecule has 0 radical (unpaired) electrons. The second kappa shape index (κ2) is 5.65. The number of aliphatic carboxylic acids is 1. The molecule has 6 heteroatoms. The second-order valence-electron chi connectivity index (χ2n) is 3.54. The fourth-order valence-corrected chi connectivity index (χ4v) is 1.70. The van der Waals surface area contributed by atoms with E-state index in [9.17, 15) is 4.79 Å². The van der Waals surface area contributed by atoms with E-state index in [1.165, 1.54) is 11.3 Å². The van der Waals surface area contributed by atoms with Gasteiger partial charge < -0.3 is 10.4 Å². The molecular formula is C9H15N3O2S. The number of rotatable bonds is 6. The molecule has 0 spiro atoms. The van der Waals surface area contributed by atoms with E-state index in [-0.39, 0.29) is 6.42 Å². The molecule has 0 aromatic carbocycles.